The fraction of sp³-hybridized carbons (Fsp3) is 0.571. The van der Waals surface area contributed by atoms with E-state index in [0.717, 1.165) is 13.0 Å². The summed E-state index contributed by atoms with van der Waals surface area (Å²) >= 11 is 0. The predicted molar refractivity (Wildman–Crippen MR) is 81.5 cm³/mol. The largest absolute Gasteiger partial charge is 0.392 e. The van der Waals surface area contributed by atoms with Crippen molar-refractivity contribution >= 4 is 19.5 Å². The van der Waals surface area contributed by atoms with Crippen molar-refractivity contribution in [3.8, 4) is 0 Å². The van der Waals surface area contributed by atoms with Crippen LogP contribution in [0, 0.1) is 0 Å². The summed E-state index contributed by atoms with van der Waals surface area (Å²) in [6.07, 6.45) is 3.97. The standard InChI is InChI=1S/C14H22NO6P/c1-3-9-19-22(18,20-10-4-2)11-7-13(16)21-14(17)12-6-5-8-15-12/h3-4,12,15H,1-2,5-11H2/t12-/m0/s1. The Balaban J connectivity index is 2.43. The maximum Gasteiger partial charge on any atom is 0.331 e. The van der Waals surface area contributed by atoms with Gasteiger partial charge in [-0.15, -0.1) is 13.2 Å². The molecule has 0 spiro atoms. The van der Waals surface area contributed by atoms with Gasteiger partial charge in [-0.3, -0.25) is 9.36 Å². The van der Waals surface area contributed by atoms with Crippen LogP contribution in [-0.2, 0) is 27.9 Å². The van der Waals surface area contributed by atoms with E-state index in [9.17, 15) is 14.2 Å². The van der Waals surface area contributed by atoms with Crippen molar-refractivity contribution in [1.82, 2.24) is 5.32 Å². The van der Waals surface area contributed by atoms with Gasteiger partial charge in [0.15, 0.2) is 0 Å². The van der Waals surface area contributed by atoms with Crippen LogP contribution in [0.5, 0.6) is 0 Å². The molecule has 1 aliphatic heterocycles. The summed E-state index contributed by atoms with van der Waals surface area (Å²) in [5.41, 5.74) is 0. The lowest BCUT2D eigenvalue weighted by Gasteiger charge is -2.16. The molecule has 1 N–H and O–H groups in total. The summed E-state index contributed by atoms with van der Waals surface area (Å²) in [5, 5.41) is 2.94. The second-order valence-electron chi connectivity index (χ2n) is 4.70. The van der Waals surface area contributed by atoms with Crippen molar-refractivity contribution in [2.24, 2.45) is 0 Å². The number of hydrogen-bond donors (Lipinski definition) is 1. The molecule has 0 aromatic rings. The summed E-state index contributed by atoms with van der Waals surface area (Å²) in [5.74, 6) is -1.35. The lowest BCUT2D eigenvalue weighted by molar-refractivity contribution is -0.160. The Morgan fingerprint density at radius 1 is 1.23 bits per heavy atom. The number of carbonyl (C=O) groups is 2. The predicted octanol–water partition coefficient (Wildman–Crippen LogP) is 1.80. The molecule has 124 valence electrons. The Morgan fingerprint density at radius 3 is 2.36 bits per heavy atom. The Kier molecular flexibility index (Phi) is 8.27. The second kappa shape index (κ2) is 9.69. The van der Waals surface area contributed by atoms with Crippen molar-refractivity contribution in [3.63, 3.8) is 0 Å². The lowest BCUT2D eigenvalue weighted by Crippen LogP contribution is -2.33. The molecule has 0 bridgehead atoms. The Labute approximate surface area is 130 Å². The molecule has 0 unspecified atom stereocenters. The third-order valence-corrected chi connectivity index (χ3v) is 4.78. The van der Waals surface area contributed by atoms with Crippen molar-refractivity contribution < 1.29 is 27.9 Å². The van der Waals surface area contributed by atoms with Crippen LogP contribution >= 0.6 is 7.60 Å². The van der Waals surface area contributed by atoms with E-state index < -0.39 is 25.6 Å². The van der Waals surface area contributed by atoms with Gasteiger partial charge in [0.2, 0.25) is 0 Å². The molecule has 22 heavy (non-hydrogen) atoms. The molecule has 8 heteroatoms. The van der Waals surface area contributed by atoms with Crippen LogP contribution in [0.4, 0.5) is 0 Å². The molecular formula is C14H22NO6P. The highest BCUT2D eigenvalue weighted by atomic mass is 31.2. The topological polar surface area (TPSA) is 90.9 Å². The van der Waals surface area contributed by atoms with E-state index in [4.69, 9.17) is 13.8 Å². The zero-order valence-electron chi connectivity index (χ0n) is 12.5. The van der Waals surface area contributed by atoms with Gasteiger partial charge in [-0.05, 0) is 19.4 Å². The van der Waals surface area contributed by atoms with Gasteiger partial charge < -0.3 is 19.1 Å². The molecule has 1 aliphatic rings. The molecule has 1 rings (SSSR count). The van der Waals surface area contributed by atoms with Crippen LogP contribution in [0.15, 0.2) is 25.3 Å². The normalized spacial score (nSPS) is 17.9. The van der Waals surface area contributed by atoms with E-state index in [1.807, 2.05) is 0 Å². The second-order valence-corrected chi connectivity index (χ2v) is 6.88. The van der Waals surface area contributed by atoms with Crippen LogP contribution in [-0.4, -0.2) is 43.9 Å². The van der Waals surface area contributed by atoms with Gasteiger partial charge in [0.05, 0.1) is 25.8 Å². The average molecular weight is 331 g/mol. The molecule has 1 fully saturated rings. The highest BCUT2D eigenvalue weighted by Gasteiger charge is 2.28. The average Bonchev–Trinajstić information content (AvgIpc) is 3.04. The number of hydrogen-bond acceptors (Lipinski definition) is 7. The molecule has 7 nitrogen and oxygen atoms in total. The quantitative estimate of drug-likeness (QED) is 0.282. The summed E-state index contributed by atoms with van der Waals surface area (Å²) < 4.78 is 27.3. The number of esters is 2. The third-order valence-electron chi connectivity index (χ3n) is 2.93. The van der Waals surface area contributed by atoms with E-state index in [1.54, 1.807) is 0 Å². The summed E-state index contributed by atoms with van der Waals surface area (Å²) in [7, 11) is -3.45. The molecular weight excluding hydrogens is 309 g/mol. The van der Waals surface area contributed by atoms with Gasteiger partial charge in [0.25, 0.3) is 0 Å². The Bertz CT molecular complexity index is 442. The highest BCUT2D eigenvalue weighted by molar-refractivity contribution is 7.53. The molecule has 0 saturated carbocycles. The van der Waals surface area contributed by atoms with Gasteiger partial charge in [-0.25, -0.2) is 4.79 Å². The molecule has 1 atom stereocenters. The van der Waals surface area contributed by atoms with E-state index in [2.05, 4.69) is 18.5 Å². The minimum atomic E-state index is -3.45. The molecule has 0 aromatic carbocycles. The summed E-state index contributed by atoms with van der Waals surface area (Å²) in [6, 6.07) is -0.440. The molecule has 0 aliphatic carbocycles. The lowest BCUT2D eigenvalue weighted by atomic mass is 10.2. The number of nitrogens with one attached hydrogen (secondary N) is 1. The number of ether oxygens (including phenoxy) is 1. The van der Waals surface area contributed by atoms with E-state index >= 15 is 0 Å². The molecule has 0 radical (unpaired) electrons. The van der Waals surface area contributed by atoms with Crippen molar-refractivity contribution in [1.29, 1.82) is 0 Å². The number of rotatable bonds is 10. The van der Waals surface area contributed by atoms with Crippen LogP contribution in [0.1, 0.15) is 19.3 Å². The van der Waals surface area contributed by atoms with Gasteiger partial charge >= 0.3 is 19.5 Å². The maximum absolute atomic E-state index is 12.3. The first-order chi connectivity index (χ1) is 10.5. The van der Waals surface area contributed by atoms with Gasteiger partial charge in [0.1, 0.15) is 6.04 Å². The van der Waals surface area contributed by atoms with E-state index in [1.165, 1.54) is 12.2 Å². The fourth-order valence-electron chi connectivity index (χ4n) is 1.85. The fourth-order valence-corrected chi connectivity index (χ4v) is 3.30. The molecule has 0 aromatic heterocycles. The number of carbonyl (C=O) groups excluding carboxylic acids is 2. The van der Waals surface area contributed by atoms with Crippen molar-refractivity contribution in [3.05, 3.63) is 25.3 Å². The van der Waals surface area contributed by atoms with Gasteiger partial charge in [0, 0.05) is 0 Å². The van der Waals surface area contributed by atoms with Crippen molar-refractivity contribution in [2.75, 3.05) is 25.9 Å². The summed E-state index contributed by atoms with van der Waals surface area (Å²) in [4.78, 5) is 23.3. The first-order valence-electron chi connectivity index (χ1n) is 7.08. The summed E-state index contributed by atoms with van der Waals surface area (Å²) in [6.45, 7) is 7.72. The Hall–Kier alpha value is -1.27. The SMILES string of the molecule is C=CCOP(=O)(CCC(=O)OC(=O)[C@@H]1CCCN1)OCC=C. The monoisotopic (exact) mass is 331 g/mol. The smallest absolute Gasteiger partial charge is 0.331 e. The third kappa shape index (κ3) is 6.66. The van der Waals surface area contributed by atoms with E-state index in [0.29, 0.717) is 6.42 Å². The van der Waals surface area contributed by atoms with Crippen LogP contribution < -0.4 is 5.32 Å². The zero-order chi connectivity index (χ0) is 16.4. The van der Waals surface area contributed by atoms with Gasteiger partial charge in [-0.1, -0.05) is 12.2 Å². The van der Waals surface area contributed by atoms with Crippen molar-refractivity contribution in [2.45, 2.75) is 25.3 Å². The first kappa shape index (κ1) is 18.8. The van der Waals surface area contributed by atoms with Crippen LogP contribution in [0.25, 0.3) is 0 Å². The zero-order valence-corrected chi connectivity index (χ0v) is 13.4. The molecule has 1 saturated heterocycles. The molecule has 1 heterocycles. The first-order valence-corrected chi connectivity index (χ1v) is 8.81. The maximum atomic E-state index is 12.3. The Morgan fingerprint density at radius 2 is 1.86 bits per heavy atom. The molecule has 0 amide bonds. The minimum Gasteiger partial charge on any atom is -0.392 e. The van der Waals surface area contributed by atoms with Crippen LogP contribution in [0.2, 0.25) is 0 Å². The van der Waals surface area contributed by atoms with E-state index in [-0.39, 0.29) is 25.8 Å². The van der Waals surface area contributed by atoms with Crippen LogP contribution in [0.3, 0.4) is 0 Å². The minimum absolute atomic E-state index is 0.0361. The highest BCUT2D eigenvalue weighted by Crippen LogP contribution is 2.48. The van der Waals surface area contributed by atoms with Gasteiger partial charge in [-0.2, -0.15) is 0 Å².